The monoisotopic (exact) mass is 208 g/mol. The zero-order valence-electron chi connectivity index (χ0n) is 9.21. The molecule has 1 nitrogen and oxygen atoms in total. The van der Waals surface area contributed by atoms with Gasteiger partial charge in [0, 0.05) is 0 Å². The summed E-state index contributed by atoms with van der Waals surface area (Å²) < 4.78 is 0. The Bertz CT molecular complexity index is 284. The lowest BCUT2D eigenvalue weighted by Gasteiger charge is -2.11. The van der Waals surface area contributed by atoms with Crippen LogP contribution in [-0.4, -0.2) is 14.6 Å². The molecule has 0 amide bonds. The van der Waals surface area contributed by atoms with Crippen LogP contribution < -0.4 is 5.19 Å². The van der Waals surface area contributed by atoms with Crippen molar-refractivity contribution in [2.45, 2.75) is 39.5 Å². The summed E-state index contributed by atoms with van der Waals surface area (Å²) in [6, 6.07) is 6.38. The lowest BCUT2D eigenvalue weighted by atomic mass is 10.0. The highest BCUT2D eigenvalue weighted by Crippen LogP contribution is 2.10. The molecule has 1 aromatic rings. The summed E-state index contributed by atoms with van der Waals surface area (Å²) in [6.45, 7) is 4.40. The Morgan fingerprint density at radius 3 is 2.64 bits per heavy atom. The van der Waals surface area contributed by atoms with Crippen molar-refractivity contribution < 1.29 is 4.80 Å². The third-order valence-electron chi connectivity index (χ3n) is 2.69. The first kappa shape index (κ1) is 11.5. The van der Waals surface area contributed by atoms with Gasteiger partial charge in [-0.25, -0.2) is 0 Å². The molecule has 0 radical (unpaired) electrons. The predicted octanol–water partition coefficient (Wildman–Crippen LogP) is 1.29. The maximum absolute atomic E-state index is 9.34. The van der Waals surface area contributed by atoms with Gasteiger partial charge < -0.3 is 4.80 Å². The molecule has 0 aliphatic carbocycles. The Morgan fingerprint density at radius 2 is 2.07 bits per heavy atom. The normalized spacial score (nSPS) is 11.4. The predicted molar refractivity (Wildman–Crippen MR) is 64.8 cm³/mol. The van der Waals surface area contributed by atoms with Crippen molar-refractivity contribution in [3.8, 4) is 0 Å². The van der Waals surface area contributed by atoms with E-state index in [0.717, 1.165) is 6.42 Å². The van der Waals surface area contributed by atoms with Crippen molar-refractivity contribution in [3.05, 3.63) is 29.3 Å². The molecule has 2 heteroatoms. The quantitative estimate of drug-likeness (QED) is 0.723. The summed E-state index contributed by atoms with van der Waals surface area (Å²) >= 11 is 0. The molecule has 0 saturated heterocycles. The van der Waals surface area contributed by atoms with Gasteiger partial charge in [0.15, 0.2) is 9.76 Å². The highest BCUT2D eigenvalue weighted by atomic mass is 28.2. The van der Waals surface area contributed by atoms with Crippen molar-refractivity contribution in [3.63, 3.8) is 0 Å². The van der Waals surface area contributed by atoms with Crippen molar-refractivity contribution in [2.24, 2.45) is 0 Å². The summed E-state index contributed by atoms with van der Waals surface area (Å²) in [4.78, 5) is 9.34. The van der Waals surface area contributed by atoms with Gasteiger partial charge in [-0.1, -0.05) is 38.5 Å². The molecule has 0 bridgehead atoms. The summed E-state index contributed by atoms with van der Waals surface area (Å²) in [6.07, 6.45) is 4.72. The molecule has 1 rings (SSSR count). The number of unbranched alkanes of at least 4 members (excludes halogenated alkanes) is 1. The van der Waals surface area contributed by atoms with Crippen LogP contribution in [0.1, 0.15) is 37.8 Å². The van der Waals surface area contributed by atoms with Gasteiger partial charge in [-0.15, -0.1) is 0 Å². The largest absolute Gasteiger partial charge is 0.433 e. The summed E-state index contributed by atoms with van der Waals surface area (Å²) in [5.41, 5.74) is 2.86. The minimum absolute atomic E-state index is 0.993. The zero-order chi connectivity index (χ0) is 10.4. The minimum atomic E-state index is -0.993. The van der Waals surface area contributed by atoms with Crippen LogP contribution in [0.5, 0.6) is 0 Å². The maximum Gasteiger partial charge on any atom is 0.188 e. The van der Waals surface area contributed by atoms with Gasteiger partial charge in [-0.3, -0.25) is 0 Å². The second-order valence-electron chi connectivity index (χ2n) is 3.67. The van der Waals surface area contributed by atoms with E-state index in [1.54, 1.807) is 0 Å². The second kappa shape index (κ2) is 5.99. The topological polar surface area (TPSA) is 20.2 Å². The highest BCUT2D eigenvalue weighted by Gasteiger charge is 2.05. The summed E-state index contributed by atoms with van der Waals surface area (Å²) in [5.74, 6) is 0. The van der Waals surface area contributed by atoms with E-state index in [-0.39, 0.29) is 0 Å². The van der Waals surface area contributed by atoms with Gasteiger partial charge in [0.2, 0.25) is 0 Å². The molecule has 0 heterocycles. The van der Waals surface area contributed by atoms with E-state index in [0.29, 0.717) is 0 Å². The van der Waals surface area contributed by atoms with Crippen molar-refractivity contribution >= 4 is 14.9 Å². The van der Waals surface area contributed by atoms with E-state index >= 15 is 0 Å². The van der Waals surface area contributed by atoms with Crippen molar-refractivity contribution in [2.75, 3.05) is 0 Å². The van der Waals surface area contributed by atoms with Gasteiger partial charge >= 0.3 is 0 Å². The number of aryl methyl sites for hydroxylation is 1. The first-order chi connectivity index (χ1) is 6.83. The summed E-state index contributed by atoms with van der Waals surface area (Å²) in [7, 11) is -0.993. The standard InChI is InChI=1S/C12H20OSi/c1-3-5-7-10-8-6-9-12(14-13)11(10)4-2/h6,8-9,13H,3-5,7,14H2,1-2H3. The van der Waals surface area contributed by atoms with E-state index in [2.05, 4.69) is 32.0 Å². The van der Waals surface area contributed by atoms with Gasteiger partial charge in [-0.05, 0) is 35.6 Å². The average Bonchev–Trinajstić information content (AvgIpc) is 2.25. The molecular formula is C12H20OSi. The van der Waals surface area contributed by atoms with Crippen LogP contribution in [-0.2, 0) is 12.8 Å². The highest BCUT2D eigenvalue weighted by molar-refractivity contribution is 6.46. The zero-order valence-corrected chi connectivity index (χ0v) is 10.6. The van der Waals surface area contributed by atoms with Crippen LogP contribution in [0, 0.1) is 0 Å². The molecule has 1 N–H and O–H groups in total. The Balaban J connectivity index is 2.90. The van der Waals surface area contributed by atoms with Gasteiger partial charge in [0.05, 0.1) is 0 Å². The first-order valence-corrected chi connectivity index (χ1v) is 6.87. The fourth-order valence-electron chi connectivity index (χ4n) is 1.89. The lowest BCUT2D eigenvalue weighted by molar-refractivity contribution is 0.615. The Hall–Kier alpha value is -0.603. The maximum atomic E-state index is 9.34. The molecule has 0 unspecified atom stereocenters. The van der Waals surface area contributed by atoms with Crippen LogP contribution in [0.3, 0.4) is 0 Å². The third-order valence-corrected chi connectivity index (χ3v) is 3.70. The molecule has 0 aliphatic rings. The molecule has 0 aliphatic heterocycles. The fraction of sp³-hybridized carbons (Fsp3) is 0.500. The van der Waals surface area contributed by atoms with Gasteiger partial charge in [0.1, 0.15) is 0 Å². The van der Waals surface area contributed by atoms with Crippen LogP contribution in [0.4, 0.5) is 0 Å². The molecule has 78 valence electrons. The Kier molecular flexibility index (Phi) is 4.91. The fourth-order valence-corrected chi connectivity index (χ4v) is 2.80. The minimum Gasteiger partial charge on any atom is -0.433 e. The first-order valence-electron chi connectivity index (χ1n) is 5.54. The van der Waals surface area contributed by atoms with Crippen molar-refractivity contribution in [1.29, 1.82) is 0 Å². The number of benzene rings is 1. The average molecular weight is 208 g/mol. The molecular weight excluding hydrogens is 188 g/mol. The third kappa shape index (κ3) is 2.69. The van der Waals surface area contributed by atoms with Gasteiger partial charge in [0.25, 0.3) is 0 Å². The molecule has 0 spiro atoms. The van der Waals surface area contributed by atoms with E-state index in [1.807, 2.05) is 0 Å². The van der Waals surface area contributed by atoms with E-state index in [9.17, 15) is 4.80 Å². The number of hydrogen-bond donors (Lipinski definition) is 1. The Morgan fingerprint density at radius 1 is 1.29 bits per heavy atom. The molecule has 0 fully saturated rings. The van der Waals surface area contributed by atoms with Crippen LogP contribution >= 0.6 is 0 Å². The van der Waals surface area contributed by atoms with E-state index < -0.39 is 9.76 Å². The SMILES string of the molecule is CCCCc1cccc([SiH2]O)c1CC. The second-order valence-corrected chi connectivity index (χ2v) is 4.75. The van der Waals surface area contributed by atoms with Crippen LogP contribution in [0.15, 0.2) is 18.2 Å². The van der Waals surface area contributed by atoms with E-state index in [4.69, 9.17) is 0 Å². The van der Waals surface area contributed by atoms with Crippen LogP contribution in [0.25, 0.3) is 0 Å². The van der Waals surface area contributed by atoms with Gasteiger partial charge in [-0.2, -0.15) is 0 Å². The van der Waals surface area contributed by atoms with Crippen LogP contribution in [0.2, 0.25) is 0 Å². The molecule has 0 atom stereocenters. The van der Waals surface area contributed by atoms with Crippen molar-refractivity contribution in [1.82, 2.24) is 0 Å². The summed E-state index contributed by atoms with van der Waals surface area (Å²) in [5, 5.41) is 1.24. The molecule has 0 saturated carbocycles. The number of rotatable bonds is 5. The molecule has 1 aromatic carbocycles. The molecule has 14 heavy (non-hydrogen) atoms. The number of hydrogen-bond acceptors (Lipinski definition) is 1. The van der Waals surface area contributed by atoms with E-state index in [1.165, 1.54) is 35.6 Å². The lowest BCUT2D eigenvalue weighted by Crippen LogP contribution is -2.20. The Labute approximate surface area is 89.1 Å². The molecule has 0 aromatic heterocycles. The smallest absolute Gasteiger partial charge is 0.188 e.